The monoisotopic (exact) mass is 410 g/mol. The van der Waals surface area contributed by atoms with Gasteiger partial charge in [-0.15, -0.1) is 0 Å². The van der Waals surface area contributed by atoms with E-state index in [2.05, 4.69) is 5.32 Å². The van der Waals surface area contributed by atoms with Gasteiger partial charge in [0.2, 0.25) is 5.91 Å². The van der Waals surface area contributed by atoms with Crippen LogP contribution in [0.15, 0.2) is 78.9 Å². The number of rotatable bonds is 6. The molecule has 31 heavy (non-hydrogen) atoms. The van der Waals surface area contributed by atoms with Gasteiger partial charge in [0.15, 0.2) is 17.5 Å². The van der Waals surface area contributed by atoms with Crippen molar-refractivity contribution in [3.8, 4) is 0 Å². The molecule has 0 spiro atoms. The molecule has 2 unspecified atom stereocenters. The number of ketones is 2. The Bertz CT molecular complexity index is 1250. The Balaban J connectivity index is 1.38. The van der Waals surface area contributed by atoms with Crippen molar-refractivity contribution in [2.45, 2.75) is 25.4 Å². The van der Waals surface area contributed by atoms with Gasteiger partial charge >= 0.3 is 0 Å². The molecule has 1 N–H and O–H groups in total. The second kappa shape index (κ2) is 7.84. The highest BCUT2D eigenvalue weighted by Gasteiger charge is 2.44. The molecule has 154 valence electrons. The lowest BCUT2D eigenvalue weighted by molar-refractivity contribution is -0.136. The van der Waals surface area contributed by atoms with E-state index in [1.165, 1.54) is 0 Å². The van der Waals surface area contributed by atoms with Gasteiger partial charge in [0, 0.05) is 21.8 Å². The predicted octanol–water partition coefficient (Wildman–Crippen LogP) is 3.68. The first kappa shape index (κ1) is 19.2. The number of Topliss-reactive ketones (excluding diaryl/α,β-unsaturated/α-hetero) is 2. The Morgan fingerprint density at radius 2 is 1.39 bits per heavy atom. The van der Waals surface area contributed by atoms with Crippen LogP contribution in [0.4, 0.5) is 0 Å². The quantitative estimate of drug-likeness (QED) is 0.493. The number of carbonyl (C=O) groups is 3. The molecule has 5 nitrogen and oxygen atoms in total. The number of aryl methyl sites for hydroxylation is 1. The maximum atomic E-state index is 13.1. The molecule has 2 atom stereocenters. The summed E-state index contributed by atoms with van der Waals surface area (Å²) in [5, 5.41) is 4.84. The first-order valence-corrected chi connectivity index (χ1v) is 10.5. The number of nitrogens with one attached hydrogen (secondary N) is 1. The zero-order valence-corrected chi connectivity index (χ0v) is 17.0. The standard InChI is InChI=1S/C26H22N2O3/c29-23(16-28-21-12-6-4-10-18(21)19-11-5-7-13-22(19)28)24-25(30)20(27-26(24)31)15-14-17-8-2-1-3-9-17/h1-13,20,24H,14-16H2,(H,27,31). The molecule has 1 fully saturated rings. The molecule has 1 saturated heterocycles. The van der Waals surface area contributed by atoms with Gasteiger partial charge in [-0.1, -0.05) is 66.7 Å². The molecule has 4 aromatic rings. The van der Waals surface area contributed by atoms with Crippen LogP contribution in [-0.2, 0) is 27.3 Å². The van der Waals surface area contributed by atoms with Gasteiger partial charge in [-0.05, 0) is 30.5 Å². The van der Waals surface area contributed by atoms with Crippen LogP contribution in [0.2, 0.25) is 0 Å². The molecular formula is C26H22N2O3. The van der Waals surface area contributed by atoms with E-state index in [-0.39, 0.29) is 18.1 Å². The Kier molecular flexibility index (Phi) is 4.86. The number of nitrogens with zero attached hydrogens (tertiary/aromatic N) is 1. The molecule has 2 heterocycles. The summed E-state index contributed by atoms with van der Waals surface area (Å²) in [6.45, 7) is -0.0107. The third kappa shape index (κ3) is 3.42. The van der Waals surface area contributed by atoms with Crippen LogP contribution < -0.4 is 5.32 Å². The molecule has 3 aromatic carbocycles. The number of hydrogen-bond donors (Lipinski definition) is 1. The molecule has 1 amide bonds. The molecule has 0 radical (unpaired) electrons. The lowest BCUT2D eigenvalue weighted by Gasteiger charge is -2.10. The smallest absolute Gasteiger partial charge is 0.238 e. The van der Waals surface area contributed by atoms with Gasteiger partial charge in [0.05, 0.1) is 12.6 Å². The summed E-state index contributed by atoms with van der Waals surface area (Å²) in [7, 11) is 0. The average molecular weight is 410 g/mol. The van der Waals surface area contributed by atoms with Gasteiger partial charge in [-0.25, -0.2) is 0 Å². The number of hydrogen-bond acceptors (Lipinski definition) is 3. The van der Waals surface area contributed by atoms with Gasteiger partial charge in [-0.2, -0.15) is 0 Å². The molecule has 1 aromatic heterocycles. The summed E-state index contributed by atoms with van der Waals surface area (Å²) in [6.07, 6.45) is 1.17. The van der Waals surface area contributed by atoms with Crippen molar-refractivity contribution in [3.63, 3.8) is 0 Å². The van der Waals surface area contributed by atoms with E-state index in [9.17, 15) is 14.4 Å². The van der Waals surface area contributed by atoms with Crippen molar-refractivity contribution < 1.29 is 14.4 Å². The molecular weight excluding hydrogens is 388 g/mol. The minimum Gasteiger partial charge on any atom is -0.345 e. The van der Waals surface area contributed by atoms with Crippen LogP contribution in [-0.4, -0.2) is 28.1 Å². The third-order valence-corrected chi connectivity index (χ3v) is 6.09. The minimum atomic E-state index is -1.24. The van der Waals surface area contributed by atoms with Crippen LogP contribution in [0.3, 0.4) is 0 Å². The van der Waals surface area contributed by atoms with Crippen molar-refractivity contribution in [3.05, 3.63) is 84.4 Å². The molecule has 5 rings (SSSR count). The predicted molar refractivity (Wildman–Crippen MR) is 120 cm³/mol. The van der Waals surface area contributed by atoms with E-state index >= 15 is 0 Å². The SMILES string of the molecule is O=C(Cn1c2ccccc2c2ccccc21)C1C(=O)NC(CCc2ccccc2)C1=O. The summed E-state index contributed by atoms with van der Waals surface area (Å²) in [5.41, 5.74) is 2.94. The fraction of sp³-hybridized carbons (Fsp3) is 0.192. The largest absolute Gasteiger partial charge is 0.345 e. The van der Waals surface area contributed by atoms with E-state index in [0.29, 0.717) is 12.8 Å². The number of fused-ring (bicyclic) bond motifs is 3. The highest BCUT2D eigenvalue weighted by Crippen LogP contribution is 2.29. The Morgan fingerprint density at radius 3 is 2.03 bits per heavy atom. The van der Waals surface area contributed by atoms with Crippen LogP contribution in [0.25, 0.3) is 21.8 Å². The van der Waals surface area contributed by atoms with Crippen molar-refractivity contribution in [2.75, 3.05) is 0 Å². The summed E-state index contributed by atoms with van der Waals surface area (Å²) in [4.78, 5) is 38.6. The lowest BCUT2D eigenvalue weighted by Crippen LogP contribution is -2.30. The number of aromatic nitrogens is 1. The number of amides is 1. The normalized spacial score (nSPS) is 18.6. The molecule has 1 aliphatic heterocycles. The van der Waals surface area contributed by atoms with Crippen LogP contribution in [0, 0.1) is 5.92 Å². The molecule has 0 bridgehead atoms. The molecule has 5 heteroatoms. The van der Waals surface area contributed by atoms with Gasteiger partial charge in [0.25, 0.3) is 0 Å². The first-order chi connectivity index (χ1) is 15.1. The topological polar surface area (TPSA) is 68.2 Å². The van der Waals surface area contributed by atoms with E-state index in [0.717, 1.165) is 27.4 Å². The van der Waals surface area contributed by atoms with E-state index in [1.807, 2.05) is 83.4 Å². The fourth-order valence-corrected chi connectivity index (χ4v) is 4.55. The molecule has 0 aliphatic carbocycles. The number of carbonyl (C=O) groups excluding carboxylic acids is 3. The van der Waals surface area contributed by atoms with Crippen molar-refractivity contribution in [2.24, 2.45) is 5.92 Å². The van der Waals surface area contributed by atoms with Gasteiger partial charge < -0.3 is 9.88 Å². The van der Waals surface area contributed by atoms with Gasteiger partial charge in [-0.3, -0.25) is 14.4 Å². The zero-order valence-electron chi connectivity index (χ0n) is 17.0. The summed E-state index contributed by atoms with van der Waals surface area (Å²) in [5.74, 6) is -2.39. The lowest BCUT2D eigenvalue weighted by atomic mass is 9.95. The van der Waals surface area contributed by atoms with E-state index in [1.54, 1.807) is 0 Å². The van der Waals surface area contributed by atoms with E-state index in [4.69, 9.17) is 0 Å². The summed E-state index contributed by atoms with van der Waals surface area (Å²) >= 11 is 0. The van der Waals surface area contributed by atoms with Gasteiger partial charge in [0.1, 0.15) is 0 Å². The van der Waals surface area contributed by atoms with Crippen molar-refractivity contribution in [1.29, 1.82) is 0 Å². The Labute approximate surface area is 179 Å². The van der Waals surface area contributed by atoms with Crippen LogP contribution in [0.1, 0.15) is 12.0 Å². The van der Waals surface area contributed by atoms with Crippen molar-refractivity contribution in [1.82, 2.24) is 9.88 Å². The Hall–Kier alpha value is -3.73. The molecule has 0 saturated carbocycles. The highest BCUT2D eigenvalue weighted by molar-refractivity contribution is 6.24. The molecule has 1 aliphatic rings. The first-order valence-electron chi connectivity index (χ1n) is 10.5. The average Bonchev–Trinajstić information content (AvgIpc) is 3.27. The number of benzene rings is 3. The Morgan fingerprint density at radius 1 is 0.806 bits per heavy atom. The second-order valence-electron chi connectivity index (χ2n) is 8.01. The summed E-state index contributed by atoms with van der Waals surface area (Å²) < 4.78 is 1.91. The van der Waals surface area contributed by atoms with Crippen molar-refractivity contribution >= 4 is 39.3 Å². The maximum Gasteiger partial charge on any atom is 0.238 e. The third-order valence-electron chi connectivity index (χ3n) is 6.09. The maximum absolute atomic E-state index is 13.1. The zero-order chi connectivity index (χ0) is 21.4. The summed E-state index contributed by atoms with van der Waals surface area (Å²) in [6, 6.07) is 24.9. The minimum absolute atomic E-state index is 0.0107. The fourth-order valence-electron chi connectivity index (χ4n) is 4.55. The van der Waals surface area contributed by atoms with Crippen LogP contribution in [0.5, 0.6) is 0 Å². The number of para-hydroxylation sites is 2. The highest BCUT2D eigenvalue weighted by atomic mass is 16.2. The van der Waals surface area contributed by atoms with E-state index < -0.39 is 17.9 Å². The second-order valence-corrected chi connectivity index (χ2v) is 8.01. The van der Waals surface area contributed by atoms with Crippen LogP contribution >= 0.6 is 0 Å².